The lowest BCUT2D eigenvalue weighted by molar-refractivity contribution is -0.143. The molecule has 7 atom stereocenters. The largest absolute Gasteiger partial charge is 0.468 e. The number of carbonyl (C=O) groups is 4. The molecule has 2 aromatic heterocycles. The van der Waals surface area contributed by atoms with Gasteiger partial charge in [-0.05, 0) is 50.5 Å². The smallest absolute Gasteiger partial charge is 0.320 e. The van der Waals surface area contributed by atoms with E-state index in [0.29, 0.717) is 41.6 Å². The zero-order chi connectivity index (χ0) is 32.7. The summed E-state index contributed by atoms with van der Waals surface area (Å²) in [6, 6.07) is 6.13. The van der Waals surface area contributed by atoms with Crippen molar-refractivity contribution in [2.24, 2.45) is 0 Å². The average Bonchev–Trinajstić information content (AvgIpc) is 3.68. The van der Waals surface area contributed by atoms with E-state index in [1.54, 1.807) is 6.92 Å². The van der Waals surface area contributed by atoms with Crippen LogP contribution in [0.5, 0.6) is 0 Å². The molecule has 2 aromatic rings. The Kier molecular flexibility index (Phi) is 9.10. The number of rotatable bonds is 8. The second kappa shape index (κ2) is 12.7. The third kappa shape index (κ3) is 5.51. The fourth-order valence-corrected chi connectivity index (χ4v) is 7.50. The summed E-state index contributed by atoms with van der Waals surface area (Å²) < 4.78 is 5.12. The van der Waals surface area contributed by atoms with E-state index in [1.807, 2.05) is 19.9 Å². The van der Waals surface area contributed by atoms with Gasteiger partial charge in [0.15, 0.2) is 5.78 Å². The van der Waals surface area contributed by atoms with Crippen LogP contribution >= 0.6 is 0 Å². The zero-order valence-electron chi connectivity index (χ0n) is 27.5. The van der Waals surface area contributed by atoms with E-state index in [4.69, 9.17) is 14.7 Å². The first-order valence-electron chi connectivity index (χ1n) is 16.0. The molecular weight excluding hydrogens is 568 g/mol. The standard InChI is InChI=1S/C36H44N4O5/c1-9-23-19(4)27-15-31-32(22(7)43)21(6)29(38-31)13-28-20(5)24(11-10-12-41)35(40-28)33(25(16-42)36(44)45-8)34-18(3)17(2)26(39-34)14-30(23)37-27/h12-20,23-25,37-38H,9-11H2,1-8H3/t17?,18?,19-,20+,23-,24+,25+/m1/s1. The van der Waals surface area contributed by atoms with E-state index >= 15 is 0 Å². The van der Waals surface area contributed by atoms with Gasteiger partial charge in [-0.3, -0.25) is 19.6 Å². The maximum Gasteiger partial charge on any atom is 0.320 e. The van der Waals surface area contributed by atoms with Crippen LogP contribution in [0.1, 0.15) is 158 Å². The number of esters is 1. The third-order valence-electron chi connectivity index (χ3n) is 10.4. The number of H-pyrrole nitrogens is 2. The van der Waals surface area contributed by atoms with Crippen LogP contribution in [-0.4, -0.2) is 51.4 Å². The maximum atomic E-state index is 13.2. The van der Waals surface area contributed by atoms with Crippen molar-refractivity contribution in [3.63, 3.8) is 0 Å². The molecule has 5 heterocycles. The van der Waals surface area contributed by atoms with Crippen molar-refractivity contribution in [3.05, 3.63) is 69.1 Å². The Labute approximate surface area is 264 Å². The van der Waals surface area contributed by atoms with E-state index in [9.17, 15) is 19.2 Å². The number of Topliss-reactive ketones (excluding diaryl/α,β-unsaturated/α-hetero) is 1. The monoisotopic (exact) mass is 612 g/mol. The summed E-state index contributed by atoms with van der Waals surface area (Å²) in [5.41, 5.74) is 8.35. The van der Waals surface area contributed by atoms with Gasteiger partial charge in [0, 0.05) is 81.3 Å². The van der Waals surface area contributed by atoms with Crippen LogP contribution in [0.15, 0.2) is 18.2 Å². The first-order chi connectivity index (χ1) is 21.5. The van der Waals surface area contributed by atoms with Crippen LogP contribution in [0.4, 0.5) is 0 Å². The van der Waals surface area contributed by atoms with Gasteiger partial charge < -0.3 is 24.3 Å². The molecule has 238 valence electrons. The van der Waals surface area contributed by atoms with Gasteiger partial charge >= 0.3 is 5.97 Å². The van der Waals surface area contributed by atoms with Gasteiger partial charge in [0.2, 0.25) is 0 Å². The van der Waals surface area contributed by atoms with Crippen molar-refractivity contribution < 1.29 is 23.9 Å². The van der Waals surface area contributed by atoms with Crippen molar-refractivity contribution in [1.82, 2.24) is 19.9 Å². The molecule has 0 radical (unpaired) electrons. The van der Waals surface area contributed by atoms with Gasteiger partial charge in [-0.1, -0.05) is 34.6 Å². The van der Waals surface area contributed by atoms with Gasteiger partial charge in [0.05, 0.1) is 24.0 Å². The molecule has 45 heavy (non-hydrogen) atoms. The van der Waals surface area contributed by atoms with Gasteiger partial charge in [-0.15, -0.1) is 0 Å². The molecule has 0 amide bonds. The number of aldehydes is 2. The lowest BCUT2D eigenvalue weighted by Gasteiger charge is -2.21. The number of hydrogen-bond acceptors (Lipinski definition) is 7. The summed E-state index contributed by atoms with van der Waals surface area (Å²) in [6.07, 6.45) is 3.21. The van der Waals surface area contributed by atoms with Crippen molar-refractivity contribution in [2.75, 3.05) is 7.11 Å². The Morgan fingerprint density at radius 3 is 2.20 bits per heavy atom. The summed E-state index contributed by atoms with van der Waals surface area (Å²) in [5, 5.41) is 0. The van der Waals surface area contributed by atoms with Gasteiger partial charge in [0.1, 0.15) is 18.5 Å². The topological polar surface area (TPSA) is 135 Å². The third-order valence-corrected chi connectivity index (χ3v) is 10.4. The minimum absolute atomic E-state index is 0.00569. The zero-order valence-corrected chi connectivity index (χ0v) is 27.5. The lowest BCUT2D eigenvalue weighted by Crippen LogP contribution is -2.21. The molecule has 2 N–H and O–H groups in total. The number of aryl methyl sites for hydroxylation is 1. The molecule has 0 saturated carbocycles. The Balaban J connectivity index is 2.01. The number of aromatic amines is 2. The highest BCUT2D eigenvalue weighted by atomic mass is 16.5. The lowest BCUT2D eigenvalue weighted by atomic mass is 9.81. The molecular formula is C36H44N4O5. The van der Waals surface area contributed by atoms with Crippen molar-refractivity contribution in [2.45, 2.75) is 109 Å². The average molecular weight is 613 g/mol. The number of ether oxygens (including phenoxy) is 1. The van der Waals surface area contributed by atoms with Crippen LogP contribution in [0.3, 0.4) is 0 Å². The molecule has 2 unspecified atom stereocenters. The van der Waals surface area contributed by atoms with Crippen LogP contribution in [-0.2, 0) is 19.1 Å². The van der Waals surface area contributed by atoms with Crippen LogP contribution in [0.2, 0.25) is 0 Å². The number of methoxy groups -OCH3 is 1. The molecule has 9 nitrogen and oxygen atoms in total. The van der Waals surface area contributed by atoms with E-state index in [2.05, 4.69) is 49.8 Å². The Morgan fingerprint density at radius 1 is 0.889 bits per heavy atom. The van der Waals surface area contributed by atoms with E-state index < -0.39 is 11.9 Å². The van der Waals surface area contributed by atoms with E-state index in [1.165, 1.54) is 7.11 Å². The first kappa shape index (κ1) is 32.3. The molecule has 0 spiro atoms. The molecule has 3 aliphatic rings. The van der Waals surface area contributed by atoms with Gasteiger partial charge in [-0.25, -0.2) is 0 Å². The number of hydrogen-bond donors (Lipinski definition) is 2. The predicted molar refractivity (Wildman–Crippen MR) is 173 cm³/mol. The van der Waals surface area contributed by atoms with Crippen molar-refractivity contribution >= 4 is 35.4 Å². The van der Waals surface area contributed by atoms with E-state index in [0.717, 1.165) is 52.1 Å². The number of carbonyl (C=O) groups excluding carboxylic acids is 4. The van der Waals surface area contributed by atoms with Crippen LogP contribution < -0.4 is 0 Å². The molecule has 8 bridgehead atoms. The summed E-state index contributed by atoms with van der Waals surface area (Å²) >= 11 is 0. The summed E-state index contributed by atoms with van der Waals surface area (Å²) in [7, 11) is 1.27. The minimum atomic E-state index is -1.22. The molecule has 0 aromatic carbocycles. The molecule has 0 aliphatic carbocycles. The molecule has 5 rings (SSSR count). The second-order valence-corrected chi connectivity index (χ2v) is 12.9. The highest BCUT2D eigenvalue weighted by Gasteiger charge is 2.40. The molecule has 3 aliphatic heterocycles. The van der Waals surface area contributed by atoms with Gasteiger partial charge in [-0.2, -0.15) is 0 Å². The minimum Gasteiger partial charge on any atom is -0.468 e. The van der Waals surface area contributed by atoms with Crippen LogP contribution in [0, 0.1) is 6.92 Å². The highest BCUT2D eigenvalue weighted by Crippen LogP contribution is 2.47. The van der Waals surface area contributed by atoms with Gasteiger partial charge in [0.25, 0.3) is 0 Å². The van der Waals surface area contributed by atoms with Crippen LogP contribution in [0.25, 0.3) is 11.0 Å². The number of ketones is 1. The SMILES string of the molecule is CC[C@H]1c2cc3nc(c([C@H](C=O)C(=O)OC)c4nc(cc5[nH]c(cc([nH]2)[C@@H]1C)c(C(C)=O)c5C)[C@@H](C)[C@@H]4CCC=O)C(C)C3C. The predicted octanol–water partition coefficient (Wildman–Crippen LogP) is 7.07. The Hall–Kier alpha value is -4.14. The Morgan fingerprint density at radius 2 is 1.58 bits per heavy atom. The summed E-state index contributed by atoms with van der Waals surface area (Å²) in [5.74, 6) is -2.00. The quantitative estimate of drug-likeness (QED) is 0.141. The van der Waals surface area contributed by atoms with Crippen molar-refractivity contribution in [3.8, 4) is 0 Å². The molecule has 0 fully saturated rings. The first-order valence-corrected chi connectivity index (χ1v) is 16.0. The normalized spacial score (nSPS) is 24.1. The maximum absolute atomic E-state index is 13.2. The number of nitrogens with zero attached hydrogens (tertiary/aromatic N) is 2. The fraction of sp³-hybridized carbons (Fsp3) is 0.500. The Bertz CT molecular complexity index is 1730. The number of nitrogens with one attached hydrogen (secondary N) is 2. The van der Waals surface area contributed by atoms with E-state index in [-0.39, 0.29) is 41.3 Å². The summed E-state index contributed by atoms with van der Waals surface area (Å²) in [6.45, 7) is 14.1. The molecule has 9 heteroatoms. The second-order valence-electron chi connectivity index (χ2n) is 12.9. The summed E-state index contributed by atoms with van der Waals surface area (Å²) in [4.78, 5) is 67.8. The highest BCUT2D eigenvalue weighted by molar-refractivity contribution is 6.04. The fourth-order valence-electron chi connectivity index (χ4n) is 7.50. The molecule has 0 saturated heterocycles. The van der Waals surface area contributed by atoms with Crippen molar-refractivity contribution in [1.29, 1.82) is 0 Å². The number of fused-ring (bicyclic) bond motifs is 8. The number of aromatic nitrogens is 4.